The first kappa shape index (κ1) is 9.68. The van der Waals surface area contributed by atoms with Crippen molar-refractivity contribution in [3.8, 4) is 0 Å². The predicted molar refractivity (Wildman–Crippen MR) is 53.8 cm³/mol. The Balaban J connectivity index is 1.95. The van der Waals surface area contributed by atoms with Gasteiger partial charge in [0.25, 0.3) is 0 Å². The number of hydrogen-bond acceptors (Lipinski definition) is 4. The zero-order valence-electron chi connectivity index (χ0n) is 8.49. The molecule has 0 spiro atoms. The molecule has 4 heteroatoms. The Bertz CT molecular complexity index is 289. The van der Waals surface area contributed by atoms with Crippen LogP contribution in [-0.4, -0.2) is 18.1 Å². The Labute approximate surface area is 83.9 Å². The summed E-state index contributed by atoms with van der Waals surface area (Å²) in [5.74, 6) is 1.50. The van der Waals surface area contributed by atoms with Crippen LogP contribution in [0, 0.1) is 5.92 Å². The first-order valence-corrected chi connectivity index (χ1v) is 5.16. The Morgan fingerprint density at radius 3 is 3.21 bits per heavy atom. The summed E-state index contributed by atoms with van der Waals surface area (Å²) in [6, 6.07) is -0.0331. The summed E-state index contributed by atoms with van der Waals surface area (Å²) in [6.45, 7) is 4.11. The van der Waals surface area contributed by atoms with Crippen LogP contribution in [0.2, 0.25) is 0 Å². The van der Waals surface area contributed by atoms with Gasteiger partial charge in [0.15, 0.2) is 5.89 Å². The lowest BCUT2D eigenvalue weighted by Gasteiger charge is -2.03. The molecule has 0 amide bonds. The van der Waals surface area contributed by atoms with Crippen molar-refractivity contribution in [1.82, 2.24) is 10.3 Å². The van der Waals surface area contributed by atoms with E-state index in [0.717, 1.165) is 31.1 Å². The van der Waals surface area contributed by atoms with Gasteiger partial charge >= 0.3 is 0 Å². The second kappa shape index (κ2) is 4.11. The molecule has 0 radical (unpaired) electrons. The minimum Gasteiger partial charge on any atom is -0.449 e. The van der Waals surface area contributed by atoms with Crippen LogP contribution in [0.4, 0.5) is 0 Å². The smallest absolute Gasteiger partial charge is 0.194 e. The molecular formula is C10H17N3O. The summed E-state index contributed by atoms with van der Waals surface area (Å²) in [7, 11) is 0. The van der Waals surface area contributed by atoms with Crippen molar-refractivity contribution in [3.63, 3.8) is 0 Å². The molecule has 1 fully saturated rings. The van der Waals surface area contributed by atoms with E-state index in [-0.39, 0.29) is 6.04 Å². The summed E-state index contributed by atoms with van der Waals surface area (Å²) in [5, 5.41) is 3.33. The standard InChI is InChI=1S/C10H17N3O/c1-7(11)9-6-14-10(13-9)4-8-2-3-12-5-8/h6-8,12H,2-5,11H2,1H3. The molecule has 1 aliphatic rings. The van der Waals surface area contributed by atoms with Gasteiger partial charge in [-0.1, -0.05) is 0 Å². The third kappa shape index (κ3) is 2.13. The third-order valence-electron chi connectivity index (χ3n) is 2.66. The number of nitrogens with zero attached hydrogens (tertiary/aromatic N) is 1. The highest BCUT2D eigenvalue weighted by molar-refractivity contribution is 5.01. The molecule has 1 saturated heterocycles. The molecule has 4 nitrogen and oxygen atoms in total. The van der Waals surface area contributed by atoms with Gasteiger partial charge in [0, 0.05) is 12.5 Å². The van der Waals surface area contributed by atoms with Crippen molar-refractivity contribution in [1.29, 1.82) is 0 Å². The lowest BCUT2D eigenvalue weighted by molar-refractivity contribution is 0.442. The molecule has 1 aliphatic heterocycles. The van der Waals surface area contributed by atoms with Crippen LogP contribution in [0.15, 0.2) is 10.7 Å². The van der Waals surface area contributed by atoms with Crippen LogP contribution >= 0.6 is 0 Å². The summed E-state index contributed by atoms with van der Waals surface area (Å²) in [5.41, 5.74) is 6.55. The zero-order chi connectivity index (χ0) is 9.97. The van der Waals surface area contributed by atoms with Crippen molar-refractivity contribution in [2.75, 3.05) is 13.1 Å². The molecule has 14 heavy (non-hydrogen) atoms. The SMILES string of the molecule is CC(N)c1coc(CC2CCNC2)n1. The quantitative estimate of drug-likeness (QED) is 0.750. The van der Waals surface area contributed by atoms with E-state index in [4.69, 9.17) is 10.2 Å². The van der Waals surface area contributed by atoms with E-state index in [1.807, 2.05) is 6.92 Å². The predicted octanol–water partition coefficient (Wildman–Crippen LogP) is 0.846. The molecule has 1 aromatic rings. The van der Waals surface area contributed by atoms with Gasteiger partial charge in [0.05, 0.1) is 5.69 Å². The van der Waals surface area contributed by atoms with E-state index in [1.165, 1.54) is 6.42 Å². The fourth-order valence-electron chi connectivity index (χ4n) is 1.76. The van der Waals surface area contributed by atoms with Crippen molar-refractivity contribution >= 4 is 0 Å². The van der Waals surface area contributed by atoms with E-state index in [9.17, 15) is 0 Å². The molecule has 0 bridgehead atoms. The maximum absolute atomic E-state index is 5.70. The first-order valence-electron chi connectivity index (χ1n) is 5.16. The van der Waals surface area contributed by atoms with Gasteiger partial charge in [-0.15, -0.1) is 0 Å². The number of nitrogens with one attached hydrogen (secondary N) is 1. The summed E-state index contributed by atoms with van der Waals surface area (Å²) >= 11 is 0. The van der Waals surface area contributed by atoms with Gasteiger partial charge in [-0.05, 0) is 32.4 Å². The number of rotatable bonds is 3. The molecule has 0 aliphatic carbocycles. The normalized spacial score (nSPS) is 24.0. The molecule has 0 saturated carbocycles. The molecule has 78 valence electrons. The van der Waals surface area contributed by atoms with Crippen molar-refractivity contribution < 1.29 is 4.42 Å². The molecule has 2 unspecified atom stereocenters. The lowest BCUT2D eigenvalue weighted by Crippen LogP contribution is -2.11. The lowest BCUT2D eigenvalue weighted by atomic mass is 10.1. The molecule has 2 atom stereocenters. The Kier molecular flexibility index (Phi) is 2.84. The fraction of sp³-hybridized carbons (Fsp3) is 0.700. The third-order valence-corrected chi connectivity index (χ3v) is 2.66. The molecule has 1 aromatic heterocycles. The van der Waals surface area contributed by atoms with E-state index >= 15 is 0 Å². The second-order valence-corrected chi connectivity index (χ2v) is 4.02. The summed E-state index contributed by atoms with van der Waals surface area (Å²) in [6.07, 6.45) is 3.82. The number of aromatic nitrogens is 1. The highest BCUT2D eigenvalue weighted by Gasteiger charge is 2.18. The van der Waals surface area contributed by atoms with Gasteiger partial charge in [-0.3, -0.25) is 0 Å². The van der Waals surface area contributed by atoms with Crippen molar-refractivity contribution in [2.24, 2.45) is 11.7 Å². The summed E-state index contributed by atoms with van der Waals surface area (Å²) in [4.78, 5) is 4.35. The topological polar surface area (TPSA) is 64.1 Å². The molecule has 3 N–H and O–H groups in total. The average molecular weight is 195 g/mol. The molecule has 0 aromatic carbocycles. The van der Waals surface area contributed by atoms with Gasteiger partial charge in [0.1, 0.15) is 6.26 Å². The van der Waals surface area contributed by atoms with Gasteiger partial charge in [0.2, 0.25) is 0 Å². The van der Waals surface area contributed by atoms with Gasteiger partial charge in [-0.2, -0.15) is 0 Å². The Hall–Kier alpha value is -0.870. The Morgan fingerprint density at radius 2 is 2.64 bits per heavy atom. The summed E-state index contributed by atoms with van der Waals surface area (Å²) < 4.78 is 5.37. The van der Waals surface area contributed by atoms with E-state index < -0.39 is 0 Å². The van der Waals surface area contributed by atoms with Crippen LogP contribution in [-0.2, 0) is 6.42 Å². The monoisotopic (exact) mass is 195 g/mol. The highest BCUT2D eigenvalue weighted by atomic mass is 16.3. The number of oxazole rings is 1. The number of hydrogen-bond donors (Lipinski definition) is 2. The van der Waals surface area contributed by atoms with Crippen molar-refractivity contribution in [3.05, 3.63) is 17.8 Å². The minimum atomic E-state index is -0.0331. The second-order valence-electron chi connectivity index (χ2n) is 4.02. The maximum Gasteiger partial charge on any atom is 0.194 e. The molecule has 2 rings (SSSR count). The van der Waals surface area contributed by atoms with Crippen LogP contribution in [0.25, 0.3) is 0 Å². The number of nitrogens with two attached hydrogens (primary N) is 1. The molecule has 2 heterocycles. The van der Waals surface area contributed by atoms with Gasteiger partial charge < -0.3 is 15.5 Å². The molecular weight excluding hydrogens is 178 g/mol. The average Bonchev–Trinajstić information content (AvgIpc) is 2.75. The van der Waals surface area contributed by atoms with Crippen LogP contribution in [0.5, 0.6) is 0 Å². The first-order chi connectivity index (χ1) is 6.75. The van der Waals surface area contributed by atoms with E-state index in [0.29, 0.717) is 5.92 Å². The van der Waals surface area contributed by atoms with E-state index in [1.54, 1.807) is 6.26 Å². The largest absolute Gasteiger partial charge is 0.449 e. The van der Waals surface area contributed by atoms with Crippen LogP contribution in [0.3, 0.4) is 0 Å². The maximum atomic E-state index is 5.70. The fourth-order valence-corrected chi connectivity index (χ4v) is 1.76. The minimum absolute atomic E-state index is 0.0331. The highest BCUT2D eigenvalue weighted by Crippen LogP contribution is 2.16. The van der Waals surface area contributed by atoms with E-state index in [2.05, 4.69) is 10.3 Å². The van der Waals surface area contributed by atoms with Gasteiger partial charge in [-0.25, -0.2) is 4.98 Å². The zero-order valence-corrected chi connectivity index (χ0v) is 8.49. The van der Waals surface area contributed by atoms with Crippen LogP contribution < -0.4 is 11.1 Å². The van der Waals surface area contributed by atoms with Crippen molar-refractivity contribution in [2.45, 2.75) is 25.8 Å². The van der Waals surface area contributed by atoms with Crippen LogP contribution in [0.1, 0.15) is 31.0 Å². The Morgan fingerprint density at radius 1 is 1.79 bits per heavy atom.